The quantitative estimate of drug-likeness (QED) is 0.850. The Bertz CT molecular complexity index is 623. The number of aliphatic hydroxyl groups excluding tert-OH is 1. The van der Waals surface area contributed by atoms with Gasteiger partial charge in [-0.25, -0.2) is 4.98 Å². The van der Waals surface area contributed by atoms with Gasteiger partial charge in [0.2, 0.25) is 0 Å². The van der Waals surface area contributed by atoms with Crippen molar-refractivity contribution in [3.63, 3.8) is 0 Å². The van der Waals surface area contributed by atoms with Crippen molar-refractivity contribution in [2.45, 2.75) is 32.4 Å². The molecule has 0 saturated heterocycles. The largest absolute Gasteiger partial charge is 0.394 e. The van der Waals surface area contributed by atoms with E-state index in [0.29, 0.717) is 6.42 Å². The van der Waals surface area contributed by atoms with Gasteiger partial charge in [-0.15, -0.1) is 0 Å². The van der Waals surface area contributed by atoms with Crippen molar-refractivity contribution in [3.8, 4) is 0 Å². The molecule has 1 heterocycles. The number of hydrogen-bond acceptors (Lipinski definition) is 4. The van der Waals surface area contributed by atoms with Crippen LogP contribution >= 0.6 is 0 Å². The molecule has 0 aliphatic carbocycles. The van der Waals surface area contributed by atoms with Crippen molar-refractivity contribution in [1.29, 1.82) is 0 Å². The number of hydrogen-bond donors (Lipinski definition) is 2. The number of aromatic nitrogens is 2. The first-order valence-electron chi connectivity index (χ1n) is 7.10. The molecule has 5 nitrogen and oxygen atoms in total. The molecule has 0 radical (unpaired) electrons. The zero-order valence-electron chi connectivity index (χ0n) is 12.4. The smallest absolute Gasteiger partial charge is 0.293 e. The van der Waals surface area contributed by atoms with Crippen molar-refractivity contribution in [2.24, 2.45) is 0 Å². The van der Waals surface area contributed by atoms with E-state index in [1.807, 2.05) is 44.2 Å². The van der Waals surface area contributed by atoms with Crippen LogP contribution in [-0.4, -0.2) is 27.3 Å². The summed E-state index contributed by atoms with van der Waals surface area (Å²) in [6.45, 7) is 3.82. The number of nitrogens with zero attached hydrogens (tertiary/aromatic N) is 2. The van der Waals surface area contributed by atoms with Crippen LogP contribution in [0.3, 0.4) is 0 Å². The summed E-state index contributed by atoms with van der Waals surface area (Å²) in [5, 5.41) is 12.6. The Balaban J connectivity index is 2.16. The maximum Gasteiger partial charge on any atom is 0.293 e. The lowest BCUT2D eigenvalue weighted by atomic mass is 10.1. The zero-order valence-corrected chi connectivity index (χ0v) is 12.4. The van der Waals surface area contributed by atoms with Gasteiger partial charge < -0.3 is 15.0 Å². The van der Waals surface area contributed by atoms with Crippen molar-refractivity contribution >= 4 is 5.82 Å². The molecule has 1 aromatic carbocycles. The minimum Gasteiger partial charge on any atom is -0.394 e. The van der Waals surface area contributed by atoms with E-state index in [1.54, 1.807) is 17.0 Å². The topological polar surface area (TPSA) is 67.2 Å². The molecule has 0 amide bonds. The first-order valence-corrected chi connectivity index (χ1v) is 7.10. The highest BCUT2D eigenvalue weighted by molar-refractivity contribution is 5.33. The average molecular weight is 287 g/mol. The second kappa shape index (κ2) is 7.04. The van der Waals surface area contributed by atoms with Crippen LogP contribution in [0.5, 0.6) is 0 Å². The van der Waals surface area contributed by atoms with Gasteiger partial charge in [0, 0.05) is 18.4 Å². The van der Waals surface area contributed by atoms with E-state index in [0.717, 1.165) is 5.56 Å². The van der Waals surface area contributed by atoms with Gasteiger partial charge in [0.1, 0.15) is 0 Å². The molecule has 0 aliphatic heterocycles. The summed E-state index contributed by atoms with van der Waals surface area (Å²) in [6, 6.07) is 9.68. The molecule has 0 spiro atoms. The van der Waals surface area contributed by atoms with E-state index < -0.39 is 0 Å². The molecule has 5 heteroatoms. The van der Waals surface area contributed by atoms with Crippen LogP contribution in [0.4, 0.5) is 5.82 Å². The van der Waals surface area contributed by atoms with Gasteiger partial charge in [0.15, 0.2) is 5.82 Å². The summed E-state index contributed by atoms with van der Waals surface area (Å²) in [5.74, 6) is 0.279. The van der Waals surface area contributed by atoms with Crippen molar-refractivity contribution < 1.29 is 5.11 Å². The second-order valence-electron chi connectivity index (χ2n) is 5.30. The normalized spacial score (nSPS) is 12.4. The minimum absolute atomic E-state index is 0.0629. The standard InChI is InChI=1S/C16H21N3O2/c1-12(2)19-9-8-17-15(16(19)21)18-14(11-20)10-13-6-4-3-5-7-13/h3-9,12,14,20H,10-11H2,1-2H3,(H,17,18). The van der Waals surface area contributed by atoms with Gasteiger partial charge in [-0.1, -0.05) is 30.3 Å². The molecule has 2 N–H and O–H groups in total. The predicted molar refractivity (Wildman–Crippen MR) is 83.5 cm³/mol. The first kappa shape index (κ1) is 15.3. The van der Waals surface area contributed by atoms with Gasteiger partial charge in [0.05, 0.1) is 12.6 Å². The molecule has 1 atom stereocenters. The lowest BCUT2D eigenvalue weighted by Crippen LogP contribution is -2.33. The Labute approximate surface area is 124 Å². The van der Waals surface area contributed by atoms with Crippen LogP contribution in [-0.2, 0) is 6.42 Å². The lowest BCUT2D eigenvalue weighted by Gasteiger charge is -2.18. The van der Waals surface area contributed by atoms with Crippen LogP contribution in [0.15, 0.2) is 47.5 Å². The molecule has 2 aromatic rings. The van der Waals surface area contributed by atoms with Crippen molar-refractivity contribution in [2.75, 3.05) is 11.9 Å². The third-order valence-electron chi connectivity index (χ3n) is 3.31. The van der Waals surface area contributed by atoms with E-state index >= 15 is 0 Å². The summed E-state index contributed by atoms with van der Waals surface area (Å²) < 4.78 is 1.62. The SMILES string of the molecule is CC(C)n1ccnc(NC(CO)Cc2ccccc2)c1=O. The average Bonchev–Trinajstić information content (AvgIpc) is 2.49. The maximum atomic E-state index is 12.3. The molecule has 0 fully saturated rings. The molecular weight excluding hydrogens is 266 g/mol. The third kappa shape index (κ3) is 3.92. The molecular formula is C16H21N3O2. The van der Waals surface area contributed by atoms with E-state index in [-0.39, 0.29) is 30.1 Å². The van der Waals surface area contributed by atoms with E-state index in [1.165, 1.54) is 0 Å². The number of rotatable bonds is 6. The number of benzene rings is 1. The molecule has 0 bridgehead atoms. The number of nitrogens with one attached hydrogen (secondary N) is 1. The Morgan fingerprint density at radius 1 is 1.29 bits per heavy atom. The Hall–Kier alpha value is -2.14. The Morgan fingerprint density at radius 2 is 2.00 bits per heavy atom. The summed E-state index contributed by atoms with van der Waals surface area (Å²) in [4.78, 5) is 16.4. The zero-order chi connectivity index (χ0) is 15.2. The lowest BCUT2D eigenvalue weighted by molar-refractivity contribution is 0.273. The fourth-order valence-corrected chi connectivity index (χ4v) is 2.18. The van der Waals surface area contributed by atoms with E-state index in [9.17, 15) is 9.90 Å². The molecule has 0 aliphatic rings. The van der Waals surface area contributed by atoms with E-state index in [2.05, 4.69) is 10.3 Å². The fraction of sp³-hybridized carbons (Fsp3) is 0.375. The number of anilines is 1. The summed E-state index contributed by atoms with van der Waals surface area (Å²) >= 11 is 0. The first-order chi connectivity index (χ1) is 10.1. The van der Waals surface area contributed by atoms with Gasteiger partial charge in [-0.2, -0.15) is 0 Å². The summed E-state index contributed by atoms with van der Waals surface area (Å²) in [6.07, 6.45) is 3.90. The van der Waals surface area contributed by atoms with Crippen LogP contribution in [0.1, 0.15) is 25.5 Å². The fourth-order valence-electron chi connectivity index (χ4n) is 2.18. The van der Waals surface area contributed by atoms with Crippen LogP contribution in [0, 0.1) is 0 Å². The summed E-state index contributed by atoms with van der Waals surface area (Å²) in [5.41, 5.74) is 0.933. The second-order valence-corrected chi connectivity index (χ2v) is 5.30. The summed E-state index contributed by atoms with van der Waals surface area (Å²) in [7, 11) is 0. The monoisotopic (exact) mass is 287 g/mol. The minimum atomic E-state index is -0.240. The highest BCUT2D eigenvalue weighted by Gasteiger charge is 2.13. The molecule has 1 aromatic heterocycles. The Morgan fingerprint density at radius 3 is 2.62 bits per heavy atom. The molecule has 21 heavy (non-hydrogen) atoms. The highest BCUT2D eigenvalue weighted by Crippen LogP contribution is 2.07. The van der Waals surface area contributed by atoms with Gasteiger partial charge in [-0.3, -0.25) is 4.79 Å². The van der Waals surface area contributed by atoms with Crippen LogP contribution in [0.25, 0.3) is 0 Å². The van der Waals surface area contributed by atoms with Gasteiger partial charge in [0.25, 0.3) is 5.56 Å². The Kier molecular flexibility index (Phi) is 5.11. The maximum absolute atomic E-state index is 12.3. The van der Waals surface area contributed by atoms with Crippen LogP contribution in [0.2, 0.25) is 0 Å². The van der Waals surface area contributed by atoms with Crippen LogP contribution < -0.4 is 10.9 Å². The van der Waals surface area contributed by atoms with Crippen molar-refractivity contribution in [3.05, 3.63) is 58.6 Å². The van der Waals surface area contributed by atoms with E-state index in [4.69, 9.17) is 0 Å². The highest BCUT2D eigenvalue weighted by atomic mass is 16.3. The third-order valence-corrected chi connectivity index (χ3v) is 3.31. The molecule has 1 unspecified atom stereocenters. The number of aliphatic hydroxyl groups is 1. The molecule has 2 rings (SSSR count). The van der Waals surface area contributed by atoms with Gasteiger partial charge >= 0.3 is 0 Å². The molecule has 0 saturated carbocycles. The van der Waals surface area contributed by atoms with Crippen molar-refractivity contribution in [1.82, 2.24) is 9.55 Å². The molecule has 112 valence electrons. The van der Waals surface area contributed by atoms with Gasteiger partial charge in [-0.05, 0) is 25.8 Å². The predicted octanol–water partition coefficient (Wildman–Crippen LogP) is 1.84.